The molecule has 32 heavy (non-hydrogen) atoms. The summed E-state index contributed by atoms with van der Waals surface area (Å²) in [7, 11) is 0. The lowest BCUT2D eigenvalue weighted by Crippen LogP contribution is -2.58. The van der Waals surface area contributed by atoms with Crippen LogP contribution >= 0.6 is 0 Å². The zero-order valence-electron chi connectivity index (χ0n) is 16.5. The first-order valence-corrected chi connectivity index (χ1v) is 9.50. The first-order chi connectivity index (χ1) is 15.1. The van der Waals surface area contributed by atoms with Gasteiger partial charge in [0.05, 0.1) is 6.10 Å². The van der Waals surface area contributed by atoms with Gasteiger partial charge in [-0.15, -0.1) is 0 Å². The number of aromatic hydroxyl groups is 4. The van der Waals surface area contributed by atoms with Crippen LogP contribution in [0.4, 0.5) is 0 Å². The number of phenolic OH excluding ortho intramolecular Hbond substituents is 3. The van der Waals surface area contributed by atoms with Crippen LogP contribution in [0.2, 0.25) is 0 Å². The molecule has 0 saturated carbocycles. The van der Waals surface area contributed by atoms with Gasteiger partial charge in [0.15, 0.2) is 17.3 Å². The second-order valence-corrected chi connectivity index (χ2v) is 7.43. The number of phenols is 3. The number of benzene rings is 2. The zero-order chi connectivity index (χ0) is 23.3. The van der Waals surface area contributed by atoms with Crippen LogP contribution in [0.3, 0.4) is 0 Å². The van der Waals surface area contributed by atoms with Gasteiger partial charge in [0.2, 0.25) is 17.5 Å². The summed E-state index contributed by atoms with van der Waals surface area (Å²) in [5, 5.41) is 69.3. The third-order valence-corrected chi connectivity index (χ3v) is 5.22. The van der Waals surface area contributed by atoms with Crippen molar-refractivity contribution >= 4 is 11.0 Å². The fourth-order valence-electron chi connectivity index (χ4n) is 3.44. The van der Waals surface area contributed by atoms with Crippen molar-refractivity contribution in [3.63, 3.8) is 0 Å². The van der Waals surface area contributed by atoms with E-state index in [9.17, 15) is 40.5 Å². The van der Waals surface area contributed by atoms with E-state index in [1.165, 1.54) is 19.1 Å². The quantitative estimate of drug-likeness (QED) is 0.276. The molecule has 5 atom stereocenters. The van der Waals surface area contributed by atoms with Gasteiger partial charge in [0.1, 0.15) is 40.8 Å². The number of ether oxygens (including phenoxy) is 2. The summed E-state index contributed by atoms with van der Waals surface area (Å²) >= 11 is 0. The van der Waals surface area contributed by atoms with Gasteiger partial charge in [-0.05, 0) is 25.1 Å². The van der Waals surface area contributed by atoms with E-state index in [-0.39, 0.29) is 28.0 Å². The van der Waals surface area contributed by atoms with Crippen molar-refractivity contribution in [1.82, 2.24) is 0 Å². The predicted octanol–water partition coefficient (Wildman–Crippen LogP) is 0.489. The Kier molecular flexibility index (Phi) is 5.34. The van der Waals surface area contributed by atoms with Crippen LogP contribution in [0.25, 0.3) is 22.3 Å². The summed E-state index contributed by atoms with van der Waals surface area (Å²) in [6.45, 7) is 1.47. The van der Waals surface area contributed by atoms with Crippen LogP contribution in [0.15, 0.2) is 39.5 Å². The molecule has 0 unspecified atom stereocenters. The van der Waals surface area contributed by atoms with Crippen LogP contribution in [0, 0.1) is 0 Å². The van der Waals surface area contributed by atoms with Crippen LogP contribution in [0.5, 0.6) is 28.7 Å². The molecule has 3 aromatic rings. The molecule has 0 bridgehead atoms. The van der Waals surface area contributed by atoms with Gasteiger partial charge in [-0.3, -0.25) is 4.79 Å². The molecule has 0 aliphatic carbocycles. The minimum Gasteiger partial charge on any atom is -0.507 e. The van der Waals surface area contributed by atoms with E-state index in [0.29, 0.717) is 0 Å². The minimum atomic E-state index is -1.61. The lowest BCUT2D eigenvalue weighted by molar-refractivity contribution is -0.268. The summed E-state index contributed by atoms with van der Waals surface area (Å²) < 4.78 is 16.4. The molecule has 1 aromatic heterocycles. The maximum absolute atomic E-state index is 12.6. The molecule has 170 valence electrons. The lowest BCUT2D eigenvalue weighted by atomic mass is 10.00. The van der Waals surface area contributed by atoms with Crippen molar-refractivity contribution in [3.8, 4) is 40.1 Å². The van der Waals surface area contributed by atoms with Crippen molar-refractivity contribution < 1.29 is 49.6 Å². The average Bonchev–Trinajstić information content (AvgIpc) is 2.74. The Bertz CT molecular complexity index is 1230. The molecular formula is C21H20O11. The van der Waals surface area contributed by atoms with Crippen LogP contribution in [0.1, 0.15) is 6.92 Å². The molecule has 11 heteroatoms. The van der Waals surface area contributed by atoms with Crippen molar-refractivity contribution in [3.05, 3.63) is 40.6 Å². The normalized spacial score (nSPS) is 25.7. The first kappa shape index (κ1) is 21.7. The summed E-state index contributed by atoms with van der Waals surface area (Å²) in [6.07, 6.45) is -6.75. The van der Waals surface area contributed by atoms with Crippen LogP contribution < -0.4 is 10.2 Å². The van der Waals surface area contributed by atoms with Crippen molar-refractivity contribution in [2.45, 2.75) is 37.6 Å². The standard InChI is InChI=1S/C21H20O11/c1-7-15(25)17(27)19(29)21(30-7)31-9-5-12(24)14-13(6-9)32-20(18(28)16(14)26)8-2-3-10(22)11(23)4-8/h2-7,15,17,19,21-25,27-29H,1H3/t7-,15-,17-,19-,21+/m1/s1. The Hall–Kier alpha value is -3.51. The monoisotopic (exact) mass is 448 g/mol. The number of hydrogen-bond donors (Lipinski definition) is 7. The maximum atomic E-state index is 12.6. The highest BCUT2D eigenvalue weighted by Gasteiger charge is 2.43. The zero-order valence-corrected chi connectivity index (χ0v) is 16.5. The molecule has 11 nitrogen and oxygen atoms in total. The molecule has 1 aliphatic heterocycles. The second kappa shape index (κ2) is 7.88. The molecule has 2 heterocycles. The largest absolute Gasteiger partial charge is 0.507 e. The number of fused-ring (bicyclic) bond motifs is 1. The molecular weight excluding hydrogens is 428 g/mol. The van der Waals surface area contributed by atoms with Gasteiger partial charge < -0.3 is 49.6 Å². The van der Waals surface area contributed by atoms with Gasteiger partial charge in [0, 0.05) is 17.7 Å². The summed E-state index contributed by atoms with van der Waals surface area (Å²) in [5.41, 5.74) is -1.09. The third-order valence-electron chi connectivity index (χ3n) is 5.22. The van der Waals surface area contributed by atoms with Crippen LogP contribution in [-0.4, -0.2) is 66.5 Å². The van der Waals surface area contributed by atoms with E-state index in [1.54, 1.807) is 0 Å². The molecule has 2 aromatic carbocycles. The molecule has 4 rings (SSSR count). The van der Waals surface area contributed by atoms with E-state index in [4.69, 9.17) is 13.9 Å². The SMILES string of the molecule is C[C@H]1O[C@@H](Oc2cc(O)c3c(=O)c(O)c(-c4ccc(O)c(O)c4)oc3c2)[C@H](O)[C@H](O)[C@@H]1O. The minimum absolute atomic E-state index is 0.0691. The molecule has 1 fully saturated rings. The number of aliphatic hydroxyl groups is 3. The molecule has 1 saturated heterocycles. The summed E-state index contributed by atoms with van der Waals surface area (Å²) in [4.78, 5) is 12.6. The molecule has 0 radical (unpaired) electrons. The van der Waals surface area contributed by atoms with Gasteiger partial charge >= 0.3 is 0 Å². The fourth-order valence-corrected chi connectivity index (χ4v) is 3.44. The van der Waals surface area contributed by atoms with E-state index in [0.717, 1.165) is 18.2 Å². The number of hydrogen-bond acceptors (Lipinski definition) is 11. The second-order valence-electron chi connectivity index (χ2n) is 7.43. The predicted molar refractivity (Wildman–Crippen MR) is 108 cm³/mol. The van der Waals surface area contributed by atoms with E-state index in [2.05, 4.69) is 0 Å². The topological polar surface area (TPSA) is 190 Å². The van der Waals surface area contributed by atoms with E-state index >= 15 is 0 Å². The highest BCUT2D eigenvalue weighted by molar-refractivity contribution is 5.88. The Morgan fingerprint density at radius 2 is 1.59 bits per heavy atom. The van der Waals surface area contributed by atoms with E-state index in [1.807, 2.05) is 0 Å². The summed E-state index contributed by atoms with van der Waals surface area (Å²) in [6, 6.07) is 5.72. The fraction of sp³-hybridized carbons (Fsp3) is 0.286. The van der Waals surface area contributed by atoms with Crippen LogP contribution in [-0.2, 0) is 4.74 Å². The Balaban J connectivity index is 1.78. The highest BCUT2D eigenvalue weighted by Crippen LogP contribution is 2.38. The summed E-state index contributed by atoms with van der Waals surface area (Å²) in [5.74, 6) is -2.80. The van der Waals surface area contributed by atoms with Gasteiger partial charge in [-0.1, -0.05) is 0 Å². The van der Waals surface area contributed by atoms with Gasteiger partial charge in [0.25, 0.3) is 0 Å². The molecule has 7 N–H and O–H groups in total. The Morgan fingerprint density at radius 3 is 2.28 bits per heavy atom. The van der Waals surface area contributed by atoms with Crippen molar-refractivity contribution in [2.75, 3.05) is 0 Å². The average molecular weight is 448 g/mol. The Morgan fingerprint density at radius 1 is 0.875 bits per heavy atom. The van der Waals surface area contributed by atoms with Gasteiger partial charge in [-0.25, -0.2) is 0 Å². The van der Waals surface area contributed by atoms with Crippen molar-refractivity contribution in [1.29, 1.82) is 0 Å². The lowest BCUT2D eigenvalue weighted by Gasteiger charge is -2.38. The third kappa shape index (κ3) is 3.56. The Labute approximate surface area is 179 Å². The van der Waals surface area contributed by atoms with Crippen molar-refractivity contribution in [2.24, 2.45) is 0 Å². The highest BCUT2D eigenvalue weighted by atomic mass is 16.7. The molecule has 1 aliphatic rings. The molecule has 0 amide bonds. The first-order valence-electron chi connectivity index (χ1n) is 9.50. The molecule has 0 spiro atoms. The number of rotatable bonds is 3. The maximum Gasteiger partial charge on any atom is 0.238 e. The smallest absolute Gasteiger partial charge is 0.238 e. The van der Waals surface area contributed by atoms with E-state index < -0.39 is 59.1 Å². The van der Waals surface area contributed by atoms with Gasteiger partial charge in [-0.2, -0.15) is 0 Å². The number of aliphatic hydroxyl groups excluding tert-OH is 3.